The average molecular weight is 206 g/mol. The molecule has 1 nitrogen and oxygen atoms in total. The van der Waals surface area contributed by atoms with Crippen LogP contribution in [0.5, 0.6) is 5.75 Å². The third-order valence-corrected chi connectivity index (χ3v) is 5.23. The van der Waals surface area contributed by atoms with Crippen LogP contribution >= 0.6 is 11.8 Å². The highest BCUT2D eigenvalue weighted by Gasteiger charge is 2.64. The lowest BCUT2D eigenvalue weighted by molar-refractivity contribution is 0.330. The van der Waals surface area contributed by atoms with Crippen molar-refractivity contribution in [3.63, 3.8) is 0 Å². The smallest absolute Gasteiger partial charge is 0.120 e. The van der Waals surface area contributed by atoms with E-state index in [-0.39, 0.29) is 4.75 Å². The molecule has 0 aromatic heterocycles. The molecule has 0 spiro atoms. The molecule has 2 aliphatic rings. The maximum absolute atomic E-state index is 9.87. The van der Waals surface area contributed by atoms with Crippen molar-refractivity contribution in [2.45, 2.75) is 17.6 Å². The van der Waals surface area contributed by atoms with E-state index in [0.717, 1.165) is 17.4 Å². The van der Waals surface area contributed by atoms with E-state index in [4.69, 9.17) is 0 Å². The zero-order valence-corrected chi connectivity index (χ0v) is 9.05. The summed E-state index contributed by atoms with van der Waals surface area (Å²) in [6.07, 6.45) is 4.80. The van der Waals surface area contributed by atoms with Crippen molar-refractivity contribution < 1.29 is 5.11 Å². The Balaban J connectivity index is 2.04. The molecular weight excluding hydrogens is 192 g/mol. The van der Waals surface area contributed by atoms with Crippen LogP contribution in [0, 0.1) is 11.8 Å². The number of hydrogen-bond acceptors (Lipinski definition) is 2. The average Bonchev–Trinajstić information content (AvgIpc) is 2.84. The number of phenols is 1. The Morgan fingerprint density at radius 2 is 2.21 bits per heavy atom. The molecule has 0 heterocycles. The van der Waals surface area contributed by atoms with Gasteiger partial charge in [-0.2, -0.15) is 11.8 Å². The quantitative estimate of drug-likeness (QED) is 0.802. The van der Waals surface area contributed by atoms with E-state index in [1.165, 1.54) is 12.8 Å². The topological polar surface area (TPSA) is 20.2 Å². The zero-order valence-electron chi connectivity index (χ0n) is 8.23. The minimum absolute atomic E-state index is 0.246. The molecule has 3 atom stereocenters. The normalized spacial score (nSPS) is 38.6. The molecule has 0 bridgehead atoms. The number of phenolic OH excluding ortho intramolecular Hbond substituents is 1. The van der Waals surface area contributed by atoms with Gasteiger partial charge in [0.25, 0.3) is 0 Å². The number of para-hydroxylation sites is 1. The molecule has 0 amide bonds. The number of aromatic hydroxyl groups is 1. The van der Waals surface area contributed by atoms with Crippen LogP contribution in [0.2, 0.25) is 0 Å². The highest BCUT2D eigenvalue weighted by Crippen LogP contribution is 2.72. The van der Waals surface area contributed by atoms with Gasteiger partial charge in [-0.1, -0.05) is 18.2 Å². The van der Waals surface area contributed by atoms with Gasteiger partial charge >= 0.3 is 0 Å². The first-order chi connectivity index (χ1) is 6.78. The summed E-state index contributed by atoms with van der Waals surface area (Å²) in [6, 6.07) is 7.82. The molecular formula is C12H14OS. The Hall–Kier alpha value is -0.630. The summed E-state index contributed by atoms with van der Waals surface area (Å²) in [6.45, 7) is 0. The molecule has 2 aliphatic carbocycles. The largest absolute Gasteiger partial charge is 0.508 e. The summed E-state index contributed by atoms with van der Waals surface area (Å²) in [4.78, 5) is 0. The second-order valence-electron chi connectivity index (χ2n) is 4.42. The summed E-state index contributed by atoms with van der Waals surface area (Å²) in [5, 5.41) is 9.87. The van der Waals surface area contributed by atoms with Crippen LogP contribution in [0.15, 0.2) is 24.3 Å². The Morgan fingerprint density at radius 1 is 1.43 bits per heavy atom. The van der Waals surface area contributed by atoms with Crippen LogP contribution < -0.4 is 0 Å². The van der Waals surface area contributed by atoms with Crippen LogP contribution in [0.25, 0.3) is 0 Å². The van der Waals surface area contributed by atoms with Gasteiger partial charge in [0.1, 0.15) is 5.75 Å². The fraction of sp³-hybridized carbons (Fsp3) is 0.500. The van der Waals surface area contributed by atoms with Gasteiger partial charge in [-0.25, -0.2) is 0 Å². The maximum atomic E-state index is 9.87. The predicted octanol–water partition coefficient (Wildman–Crippen LogP) is 2.99. The Kier molecular flexibility index (Phi) is 1.67. The molecule has 74 valence electrons. The summed E-state index contributed by atoms with van der Waals surface area (Å²) in [7, 11) is 0. The van der Waals surface area contributed by atoms with E-state index in [9.17, 15) is 5.11 Å². The van der Waals surface area contributed by atoms with Crippen LogP contribution in [0.3, 0.4) is 0 Å². The summed E-state index contributed by atoms with van der Waals surface area (Å²) >= 11 is 1.92. The van der Waals surface area contributed by atoms with Gasteiger partial charge in [0.15, 0.2) is 0 Å². The highest BCUT2D eigenvalue weighted by molar-refractivity contribution is 7.99. The monoisotopic (exact) mass is 206 g/mol. The van der Waals surface area contributed by atoms with Gasteiger partial charge < -0.3 is 5.11 Å². The molecule has 0 aliphatic heterocycles. The Labute approximate surface area is 88.5 Å². The first kappa shape index (κ1) is 8.66. The minimum atomic E-state index is 0.246. The van der Waals surface area contributed by atoms with Gasteiger partial charge in [0, 0.05) is 10.3 Å². The van der Waals surface area contributed by atoms with Gasteiger partial charge in [-0.05, 0) is 37.0 Å². The first-order valence-corrected chi connectivity index (χ1v) is 6.34. The lowest BCUT2D eigenvalue weighted by Gasteiger charge is -2.40. The summed E-state index contributed by atoms with van der Waals surface area (Å²) in [5.41, 5.74) is 1.16. The molecule has 2 saturated carbocycles. The zero-order chi connectivity index (χ0) is 9.76. The highest BCUT2D eigenvalue weighted by atomic mass is 32.2. The third kappa shape index (κ3) is 0.924. The Bertz CT molecular complexity index is 376. The van der Waals surface area contributed by atoms with Gasteiger partial charge in [0.05, 0.1) is 0 Å². The van der Waals surface area contributed by atoms with Crippen LogP contribution in [0.4, 0.5) is 0 Å². The second-order valence-corrected chi connectivity index (χ2v) is 5.55. The van der Waals surface area contributed by atoms with Crippen LogP contribution in [0.1, 0.15) is 18.4 Å². The fourth-order valence-corrected chi connectivity index (χ4v) is 4.28. The Morgan fingerprint density at radius 3 is 2.71 bits per heavy atom. The van der Waals surface area contributed by atoms with Crippen molar-refractivity contribution in [3.8, 4) is 5.75 Å². The molecule has 1 aromatic carbocycles. The summed E-state index contributed by atoms with van der Waals surface area (Å²) in [5.74, 6) is 2.28. The molecule has 1 aromatic rings. The van der Waals surface area contributed by atoms with Gasteiger partial charge in [0.2, 0.25) is 0 Å². The van der Waals surface area contributed by atoms with E-state index in [1.54, 1.807) is 0 Å². The van der Waals surface area contributed by atoms with Crippen molar-refractivity contribution in [3.05, 3.63) is 29.8 Å². The van der Waals surface area contributed by atoms with Crippen molar-refractivity contribution in [1.29, 1.82) is 0 Å². The van der Waals surface area contributed by atoms with Crippen LogP contribution in [-0.2, 0) is 4.75 Å². The molecule has 0 radical (unpaired) electrons. The molecule has 3 rings (SSSR count). The van der Waals surface area contributed by atoms with Crippen LogP contribution in [-0.4, -0.2) is 11.4 Å². The second kappa shape index (κ2) is 2.69. The number of benzene rings is 1. The summed E-state index contributed by atoms with van der Waals surface area (Å²) < 4.78 is 0.246. The number of fused-ring (bicyclic) bond motifs is 1. The predicted molar refractivity (Wildman–Crippen MR) is 59.5 cm³/mol. The first-order valence-electron chi connectivity index (χ1n) is 5.11. The van der Waals surface area contributed by atoms with Crippen molar-refractivity contribution in [2.24, 2.45) is 11.8 Å². The lowest BCUT2D eigenvalue weighted by atomic mass is 9.78. The molecule has 2 heteroatoms. The van der Waals surface area contributed by atoms with Gasteiger partial charge in [-0.15, -0.1) is 0 Å². The van der Waals surface area contributed by atoms with Crippen molar-refractivity contribution in [2.75, 3.05) is 6.26 Å². The van der Waals surface area contributed by atoms with E-state index in [0.29, 0.717) is 5.75 Å². The number of rotatable bonds is 2. The van der Waals surface area contributed by atoms with E-state index < -0.39 is 0 Å². The SMILES string of the molecule is CSC1(c2ccccc2O)CC2CC21. The van der Waals surface area contributed by atoms with E-state index in [1.807, 2.05) is 30.0 Å². The number of thioether (sulfide) groups is 1. The standard InChI is InChI=1S/C12H14OS/c1-14-12(7-8-6-10(8)12)9-4-2-3-5-11(9)13/h2-5,8,10,13H,6-7H2,1H3. The fourth-order valence-electron chi connectivity index (χ4n) is 2.91. The lowest BCUT2D eigenvalue weighted by Crippen LogP contribution is -2.33. The molecule has 2 fully saturated rings. The van der Waals surface area contributed by atoms with E-state index >= 15 is 0 Å². The minimum Gasteiger partial charge on any atom is -0.508 e. The third-order valence-electron chi connectivity index (χ3n) is 3.81. The van der Waals surface area contributed by atoms with Crippen molar-refractivity contribution in [1.82, 2.24) is 0 Å². The van der Waals surface area contributed by atoms with E-state index in [2.05, 4.69) is 12.3 Å². The number of hydrogen-bond donors (Lipinski definition) is 1. The molecule has 1 N–H and O–H groups in total. The molecule has 3 unspecified atom stereocenters. The van der Waals surface area contributed by atoms with Crippen molar-refractivity contribution >= 4 is 11.8 Å². The molecule has 14 heavy (non-hydrogen) atoms. The maximum Gasteiger partial charge on any atom is 0.120 e. The molecule has 0 saturated heterocycles. The van der Waals surface area contributed by atoms with Gasteiger partial charge in [-0.3, -0.25) is 0 Å².